The lowest BCUT2D eigenvalue weighted by atomic mass is 10.2. The summed E-state index contributed by atoms with van der Waals surface area (Å²) in [5.41, 5.74) is 0.848. The van der Waals surface area contributed by atoms with Gasteiger partial charge in [0.2, 0.25) is 0 Å². The first-order chi connectivity index (χ1) is 9.67. The molecule has 0 heterocycles. The highest BCUT2D eigenvalue weighted by molar-refractivity contribution is 6.30. The first kappa shape index (κ1) is 14.5. The van der Waals surface area contributed by atoms with Crippen molar-refractivity contribution < 1.29 is 9.84 Å². The molecule has 20 heavy (non-hydrogen) atoms. The summed E-state index contributed by atoms with van der Waals surface area (Å²) in [5.74, 6) is 7.16. The third-order valence-corrected chi connectivity index (χ3v) is 2.93. The number of hydrogen-bond donors (Lipinski definition) is 1. The fourth-order valence-corrected chi connectivity index (χ4v) is 1.64. The molecule has 0 aliphatic heterocycles. The standard InChI is InChI=1S/C17H15ClO2/c1-2-15(19)8-3-13-4-9-16(10-5-13)20-17-11-6-14(18)7-12-17/h4-7,9-12,15,19H,2H2,1H3. The van der Waals surface area contributed by atoms with Crippen molar-refractivity contribution in [2.24, 2.45) is 0 Å². The maximum Gasteiger partial charge on any atom is 0.127 e. The molecule has 0 aliphatic carbocycles. The number of hydrogen-bond acceptors (Lipinski definition) is 2. The van der Waals surface area contributed by atoms with Crippen LogP contribution in [0.5, 0.6) is 11.5 Å². The van der Waals surface area contributed by atoms with Gasteiger partial charge in [-0.1, -0.05) is 30.4 Å². The maximum absolute atomic E-state index is 9.38. The van der Waals surface area contributed by atoms with Crippen LogP contribution in [-0.2, 0) is 0 Å². The van der Waals surface area contributed by atoms with E-state index in [0.29, 0.717) is 11.4 Å². The first-order valence-electron chi connectivity index (χ1n) is 6.40. The van der Waals surface area contributed by atoms with Crippen LogP contribution in [0, 0.1) is 11.8 Å². The summed E-state index contributed by atoms with van der Waals surface area (Å²) in [6.45, 7) is 1.89. The Labute approximate surface area is 124 Å². The third kappa shape index (κ3) is 4.31. The smallest absolute Gasteiger partial charge is 0.127 e. The summed E-state index contributed by atoms with van der Waals surface area (Å²) in [6, 6.07) is 14.6. The Hall–Kier alpha value is -1.95. The van der Waals surface area contributed by atoms with Crippen molar-refractivity contribution in [3.8, 4) is 23.3 Å². The maximum atomic E-state index is 9.38. The summed E-state index contributed by atoms with van der Waals surface area (Å²) in [5, 5.41) is 10.1. The third-order valence-electron chi connectivity index (χ3n) is 2.67. The molecule has 1 N–H and O–H groups in total. The van der Waals surface area contributed by atoms with Gasteiger partial charge in [0.1, 0.15) is 17.6 Å². The van der Waals surface area contributed by atoms with Crippen LogP contribution in [0.1, 0.15) is 18.9 Å². The monoisotopic (exact) mass is 286 g/mol. The number of ether oxygens (including phenoxy) is 1. The van der Waals surface area contributed by atoms with Crippen LogP contribution in [0.3, 0.4) is 0 Å². The Morgan fingerprint density at radius 1 is 1.05 bits per heavy atom. The summed E-state index contributed by atoms with van der Waals surface area (Å²) in [6.07, 6.45) is 0.0603. The summed E-state index contributed by atoms with van der Waals surface area (Å²) < 4.78 is 5.68. The molecule has 0 saturated carbocycles. The van der Waals surface area contributed by atoms with Gasteiger partial charge in [0.15, 0.2) is 0 Å². The average Bonchev–Trinajstić information content (AvgIpc) is 2.48. The van der Waals surface area contributed by atoms with Gasteiger partial charge in [0.05, 0.1) is 0 Å². The van der Waals surface area contributed by atoms with Crippen molar-refractivity contribution in [2.75, 3.05) is 0 Å². The van der Waals surface area contributed by atoms with Crippen molar-refractivity contribution in [1.29, 1.82) is 0 Å². The Kier molecular flexibility index (Phi) is 5.06. The van der Waals surface area contributed by atoms with Gasteiger partial charge in [-0.25, -0.2) is 0 Å². The quantitative estimate of drug-likeness (QED) is 0.855. The van der Waals surface area contributed by atoms with E-state index in [2.05, 4.69) is 11.8 Å². The Morgan fingerprint density at radius 2 is 1.60 bits per heavy atom. The minimum absolute atomic E-state index is 0.569. The molecule has 0 bridgehead atoms. The zero-order valence-corrected chi connectivity index (χ0v) is 11.9. The SMILES string of the molecule is CCC(O)C#Cc1ccc(Oc2ccc(Cl)cc2)cc1. The lowest BCUT2D eigenvalue weighted by Gasteiger charge is -2.05. The number of halogens is 1. The van der Waals surface area contributed by atoms with Gasteiger partial charge in [-0.05, 0) is 55.0 Å². The molecule has 0 aromatic heterocycles. The van der Waals surface area contributed by atoms with E-state index in [4.69, 9.17) is 16.3 Å². The average molecular weight is 287 g/mol. The molecule has 1 unspecified atom stereocenters. The molecule has 0 radical (unpaired) electrons. The second-order valence-electron chi connectivity index (χ2n) is 4.27. The topological polar surface area (TPSA) is 29.5 Å². The van der Waals surface area contributed by atoms with E-state index < -0.39 is 6.10 Å². The van der Waals surface area contributed by atoms with Crippen LogP contribution in [0.25, 0.3) is 0 Å². The van der Waals surface area contributed by atoms with Gasteiger partial charge in [-0.2, -0.15) is 0 Å². The molecule has 2 aromatic rings. The predicted octanol–water partition coefficient (Wildman–Crippen LogP) is 4.25. The molecule has 2 nitrogen and oxygen atoms in total. The fraction of sp³-hybridized carbons (Fsp3) is 0.176. The molecule has 0 saturated heterocycles. The molecule has 0 amide bonds. The van der Waals surface area contributed by atoms with Gasteiger partial charge in [0.25, 0.3) is 0 Å². The van der Waals surface area contributed by atoms with Gasteiger partial charge < -0.3 is 9.84 Å². The van der Waals surface area contributed by atoms with Gasteiger partial charge >= 0.3 is 0 Å². The van der Waals surface area contributed by atoms with E-state index in [1.807, 2.05) is 43.3 Å². The minimum Gasteiger partial charge on any atom is -0.457 e. The summed E-state index contributed by atoms with van der Waals surface area (Å²) >= 11 is 5.82. The molecule has 3 heteroatoms. The van der Waals surface area contributed by atoms with Gasteiger partial charge in [0, 0.05) is 10.6 Å². The number of rotatable bonds is 3. The summed E-state index contributed by atoms with van der Waals surface area (Å²) in [7, 11) is 0. The number of benzene rings is 2. The van der Waals surface area contributed by atoms with E-state index in [0.717, 1.165) is 17.1 Å². The molecule has 0 aliphatic rings. The lowest BCUT2D eigenvalue weighted by Crippen LogP contribution is -1.98. The number of aliphatic hydroxyl groups excluding tert-OH is 1. The van der Waals surface area contributed by atoms with Crippen molar-refractivity contribution >= 4 is 11.6 Å². The van der Waals surface area contributed by atoms with Crippen molar-refractivity contribution in [1.82, 2.24) is 0 Å². The molecule has 1 atom stereocenters. The zero-order valence-electron chi connectivity index (χ0n) is 11.1. The van der Waals surface area contributed by atoms with E-state index in [1.54, 1.807) is 12.1 Å². The van der Waals surface area contributed by atoms with Crippen LogP contribution in [-0.4, -0.2) is 11.2 Å². The molecular formula is C17H15ClO2. The lowest BCUT2D eigenvalue weighted by molar-refractivity contribution is 0.228. The van der Waals surface area contributed by atoms with Crippen molar-refractivity contribution in [2.45, 2.75) is 19.4 Å². The highest BCUT2D eigenvalue weighted by Crippen LogP contribution is 2.23. The minimum atomic E-state index is -0.569. The van der Waals surface area contributed by atoms with E-state index in [-0.39, 0.29) is 0 Å². The molecule has 102 valence electrons. The van der Waals surface area contributed by atoms with Crippen molar-refractivity contribution in [3.05, 3.63) is 59.1 Å². The van der Waals surface area contributed by atoms with Crippen LogP contribution in [0.15, 0.2) is 48.5 Å². The second-order valence-corrected chi connectivity index (χ2v) is 4.71. The molecule has 0 fully saturated rings. The number of aliphatic hydroxyl groups is 1. The highest BCUT2D eigenvalue weighted by atomic mass is 35.5. The normalized spacial score (nSPS) is 11.3. The van der Waals surface area contributed by atoms with Crippen LogP contribution >= 0.6 is 11.6 Å². The molecule has 0 spiro atoms. The molecule has 2 rings (SSSR count). The zero-order chi connectivity index (χ0) is 14.4. The van der Waals surface area contributed by atoms with E-state index in [9.17, 15) is 5.11 Å². The van der Waals surface area contributed by atoms with Crippen LogP contribution in [0.2, 0.25) is 5.02 Å². The second kappa shape index (κ2) is 7.00. The first-order valence-corrected chi connectivity index (χ1v) is 6.78. The van der Waals surface area contributed by atoms with Gasteiger partial charge in [-0.3, -0.25) is 0 Å². The van der Waals surface area contributed by atoms with E-state index >= 15 is 0 Å². The van der Waals surface area contributed by atoms with Crippen LogP contribution in [0.4, 0.5) is 0 Å². The van der Waals surface area contributed by atoms with Gasteiger partial charge in [-0.15, -0.1) is 0 Å². The highest BCUT2D eigenvalue weighted by Gasteiger charge is 1.98. The Morgan fingerprint density at radius 3 is 2.15 bits per heavy atom. The molecular weight excluding hydrogens is 272 g/mol. The largest absolute Gasteiger partial charge is 0.457 e. The molecule has 2 aromatic carbocycles. The Bertz CT molecular complexity index is 606. The van der Waals surface area contributed by atoms with Crippen LogP contribution < -0.4 is 4.74 Å². The van der Waals surface area contributed by atoms with Crippen molar-refractivity contribution in [3.63, 3.8) is 0 Å². The van der Waals surface area contributed by atoms with E-state index in [1.165, 1.54) is 0 Å². The Balaban J connectivity index is 2.04. The fourth-order valence-electron chi connectivity index (χ4n) is 1.51. The summed E-state index contributed by atoms with van der Waals surface area (Å²) in [4.78, 5) is 0. The predicted molar refractivity (Wildman–Crippen MR) is 81.1 cm³/mol.